The molecule has 2 rings (SSSR count). The van der Waals surface area contributed by atoms with Crippen LogP contribution in [0.1, 0.15) is 34.7 Å². The van der Waals surface area contributed by atoms with Crippen LogP contribution >= 0.6 is 11.8 Å². The van der Waals surface area contributed by atoms with Crippen molar-refractivity contribution in [1.82, 2.24) is 5.43 Å². The lowest BCUT2D eigenvalue weighted by Crippen LogP contribution is -2.30. The minimum atomic E-state index is -0.386. The third-order valence-corrected chi connectivity index (χ3v) is 3.97. The first kappa shape index (κ1) is 13.5. The largest absolute Gasteiger partial charge is 0.455 e. The third-order valence-electron chi connectivity index (χ3n) is 2.88. The number of rotatable bonds is 5. The van der Waals surface area contributed by atoms with Crippen molar-refractivity contribution in [3.05, 3.63) is 23.2 Å². The van der Waals surface area contributed by atoms with Gasteiger partial charge in [-0.05, 0) is 25.8 Å². The maximum absolute atomic E-state index is 11.4. The number of furan rings is 1. The summed E-state index contributed by atoms with van der Waals surface area (Å²) in [6.07, 6.45) is 2.68. The molecular weight excluding hydrogens is 252 g/mol. The molecule has 6 heteroatoms. The number of aryl methyl sites for hydroxylation is 1. The Labute approximate surface area is 110 Å². The van der Waals surface area contributed by atoms with Gasteiger partial charge in [-0.25, -0.2) is 5.84 Å². The van der Waals surface area contributed by atoms with Gasteiger partial charge in [0, 0.05) is 17.9 Å². The molecule has 1 amide bonds. The maximum Gasteiger partial charge on any atom is 0.301 e. The quantitative estimate of drug-likeness (QED) is 0.483. The minimum absolute atomic E-state index is 0.296. The molecule has 1 atom stereocenters. The standard InChI is InChI=1S/C12H18N2O3S/c1-8-5-10(17-11(8)12(15)14-13)7-18-6-9-3-2-4-16-9/h5,9H,2-4,6-7,13H2,1H3,(H,14,15). The highest BCUT2D eigenvalue weighted by atomic mass is 32.2. The van der Waals surface area contributed by atoms with Gasteiger partial charge in [0.05, 0.1) is 11.9 Å². The minimum Gasteiger partial charge on any atom is -0.455 e. The molecule has 5 nitrogen and oxygen atoms in total. The monoisotopic (exact) mass is 270 g/mol. The summed E-state index contributed by atoms with van der Waals surface area (Å²) in [7, 11) is 0. The molecular formula is C12H18N2O3S. The van der Waals surface area contributed by atoms with Crippen molar-refractivity contribution in [1.29, 1.82) is 0 Å². The van der Waals surface area contributed by atoms with Gasteiger partial charge in [-0.1, -0.05) is 0 Å². The molecule has 3 N–H and O–H groups in total. The van der Waals surface area contributed by atoms with Crippen molar-refractivity contribution < 1.29 is 13.9 Å². The predicted molar refractivity (Wildman–Crippen MR) is 70.2 cm³/mol. The highest BCUT2D eigenvalue weighted by Crippen LogP contribution is 2.23. The Balaban J connectivity index is 1.83. The first-order chi connectivity index (χ1) is 8.70. The van der Waals surface area contributed by atoms with Crippen LogP contribution in [0.25, 0.3) is 0 Å². The van der Waals surface area contributed by atoms with Gasteiger partial charge in [0.2, 0.25) is 0 Å². The zero-order valence-corrected chi connectivity index (χ0v) is 11.2. The summed E-state index contributed by atoms with van der Waals surface area (Å²) in [6, 6.07) is 1.88. The van der Waals surface area contributed by atoms with E-state index in [0.29, 0.717) is 11.9 Å². The number of nitrogen functional groups attached to an aromatic ring is 1. The zero-order valence-electron chi connectivity index (χ0n) is 10.4. The molecule has 2 heterocycles. The average Bonchev–Trinajstić information content (AvgIpc) is 2.98. The summed E-state index contributed by atoms with van der Waals surface area (Å²) in [4.78, 5) is 11.4. The first-order valence-electron chi connectivity index (χ1n) is 6.00. The number of ether oxygens (including phenoxy) is 1. The van der Waals surface area contributed by atoms with E-state index in [1.54, 1.807) is 11.8 Å². The number of amides is 1. The molecule has 1 saturated heterocycles. The van der Waals surface area contributed by atoms with E-state index >= 15 is 0 Å². The Morgan fingerprint density at radius 3 is 3.17 bits per heavy atom. The van der Waals surface area contributed by atoms with Crippen molar-refractivity contribution in [3.63, 3.8) is 0 Å². The number of hydrogen-bond acceptors (Lipinski definition) is 5. The van der Waals surface area contributed by atoms with Crippen LogP contribution in [-0.4, -0.2) is 24.4 Å². The molecule has 1 aliphatic rings. The fourth-order valence-electron chi connectivity index (χ4n) is 1.98. The Bertz CT molecular complexity index is 413. The predicted octanol–water partition coefficient (Wildman–Crippen LogP) is 1.60. The Morgan fingerprint density at radius 2 is 2.50 bits per heavy atom. The van der Waals surface area contributed by atoms with Gasteiger partial charge in [0.15, 0.2) is 5.76 Å². The van der Waals surface area contributed by atoms with Gasteiger partial charge in [-0.3, -0.25) is 10.2 Å². The number of thioether (sulfide) groups is 1. The van der Waals surface area contributed by atoms with E-state index in [1.807, 2.05) is 13.0 Å². The molecule has 0 radical (unpaired) electrons. The average molecular weight is 270 g/mol. The molecule has 18 heavy (non-hydrogen) atoms. The highest BCUT2D eigenvalue weighted by molar-refractivity contribution is 7.98. The van der Waals surface area contributed by atoms with Gasteiger partial charge >= 0.3 is 5.91 Å². The number of nitrogens with one attached hydrogen (secondary N) is 1. The highest BCUT2D eigenvalue weighted by Gasteiger charge is 2.17. The van der Waals surface area contributed by atoms with Crippen LogP contribution in [0.3, 0.4) is 0 Å². The second kappa shape index (κ2) is 6.26. The first-order valence-corrected chi connectivity index (χ1v) is 7.15. The molecule has 0 aliphatic carbocycles. The van der Waals surface area contributed by atoms with Crippen LogP contribution in [-0.2, 0) is 10.5 Å². The van der Waals surface area contributed by atoms with Crippen molar-refractivity contribution in [2.45, 2.75) is 31.6 Å². The summed E-state index contributed by atoms with van der Waals surface area (Å²) >= 11 is 1.76. The third kappa shape index (κ3) is 3.28. The SMILES string of the molecule is Cc1cc(CSCC2CCCO2)oc1C(=O)NN. The molecule has 0 bridgehead atoms. The van der Waals surface area contributed by atoms with Crippen molar-refractivity contribution in [2.24, 2.45) is 5.84 Å². The van der Waals surface area contributed by atoms with E-state index in [9.17, 15) is 4.79 Å². The Hall–Kier alpha value is -0.980. The molecule has 1 aromatic rings. The van der Waals surface area contributed by atoms with Gasteiger partial charge in [0.1, 0.15) is 5.76 Å². The fraction of sp³-hybridized carbons (Fsp3) is 0.583. The van der Waals surface area contributed by atoms with Gasteiger partial charge in [-0.15, -0.1) is 0 Å². The fourth-order valence-corrected chi connectivity index (χ4v) is 2.96. The molecule has 1 fully saturated rings. The lowest BCUT2D eigenvalue weighted by molar-refractivity contribution is 0.0923. The van der Waals surface area contributed by atoms with E-state index in [4.69, 9.17) is 15.0 Å². The smallest absolute Gasteiger partial charge is 0.301 e. The summed E-state index contributed by atoms with van der Waals surface area (Å²) < 4.78 is 11.0. The second-order valence-corrected chi connectivity index (χ2v) is 5.38. The normalized spacial score (nSPS) is 19.1. The molecule has 1 aliphatic heterocycles. The van der Waals surface area contributed by atoms with Crippen LogP contribution < -0.4 is 11.3 Å². The number of nitrogens with two attached hydrogens (primary N) is 1. The van der Waals surface area contributed by atoms with Crippen molar-refractivity contribution in [3.8, 4) is 0 Å². The van der Waals surface area contributed by atoms with Crippen molar-refractivity contribution in [2.75, 3.05) is 12.4 Å². The van der Waals surface area contributed by atoms with Crippen LogP contribution in [0.15, 0.2) is 10.5 Å². The Kier molecular flexibility index (Phi) is 4.68. The Morgan fingerprint density at radius 1 is 1.67 bits per heavy atom. The molecule has 1 unspecified atom stereocenters. The number of hydrogen-bond donors (Lipinski definition) is 2. The van der Waals surface area contributed by atoms with E-state index in [1.165, 1.54) is 0 Å². The summed E-state index contributed by atoms with van der Waals surface area (Å²) in [5.74, 6) is 7.51. The van der Waals surface area contributed by atoms with Crippen LogP contribution in [0.4, 0.5) is 0 Å². The molecule has 0 saturated carbocycles. The van der Waals surface area contributed by atoms with Crippen LogP contribution in [0.2, 0.25) is 0 Å². The summed E-state index contributed by atoms with van der Waals surface area (Å²) in [6.45, 7) is 2.72. The van der Waals surface area contributed by atoms with Gasteiger partial charge in [0.25, 0.3) is 0 Å². The molecule has 1 aromatic heterocycles. The zero-order chi connectivity index (χ0) is 13.0. The van der Waals surface area contributed by atoms with E-state index in [0.717, 1.165) is 42.3 Å². The van der Waals surface area contributed by atoms with E-state index < -0.39 is 0 Å². The maximum atomic E-state index is 11.4. The second-order valence-electron chi connectivity index (χ2n) is 4.35. The lowest BCUT2D eigenvalue weighted by Gasteiger charge is -2.07. The summed E-state index contributed by atoms with van der Waals surface area (Å²) in [5.41, 5.74) is 2.89. The van der Waals surface area contributed by atoms with Crippen molar-refractivity contribution >= 4 is 17.7 Å². The van der Waals surface area contributed by atoms with E-state index in [-0.39, 0.29) is 5.91 Å². The number of carbonyl (C=O) groups excluding carboxylic acids is 1. The molecule has 100 valence electrons. The topological polar surface area (TPSA) is 77.5 Å². The molecule has 0 spiro atoms. The summed E-state index contributed by atoms with van der Waals surface area (Å²) in [5, 5.41) is 0. The van der Waals surface area contributed by atoms with Crippen LogP contribution in [0, 0.1) is 6.92 Å². The number of carbonyl (C=O) groups is 1. The lowest BCUT2D eigenvalue weighted by atomic mass is 10.2. The van der Waals surface area contributed by atoms with E-state index in [2.05, 4.69) is 5.43 Å². The van der Waals surface area contributed by atoms with Gasteiger partial charge in [-0.2, -0.15) is 11.8 Å². The van der Waals surface area contributed by atoms with Crippen LogP contribution in [0.5, 0.6) is 0 Å². The van der Waals surface area contributed by atoms with Gasteiger partial charge < -0.3 is 9.15 Å². The number of hydrazine groups is 1. The molecule has 0 aromatic carbocycles.